The van der Waals surface area contributed by atoms with Crippen LogP contribution in [-0.4, -0.2) is 51.5 Å². The number of carbonyl (C=O) groups is 1. The molecular formula is C21H29N5O2S. The van der Waals surface area contributed by atoms with Gasteiger partial charge in [-0.05, 0) is 44.2 Å². The van der Waals surface area contributed by atoms with E-state index in [0.717, 1.165) is 57.5 Å². The second kappa shape index (κ2) is 7.49. The summed E-state index contributed by atoms with van der Waals surface area (Å²) in [6.45, 7) is 7.82. The summed E-state index contributed by atoms with van der Waals surface area (Å²) in [5.41, 5.74) is 2.27. The number of ether oxygens (including phenoxy) is 1. The molecule has 0 bridgehead atoms. The highest BCUT2D eigenvalue weighted by Crippen LogP contribution is 2.46. The highest BCUT2D eigenvalue weighted by atomic mass is 32.1. The Morgan fingerprint density at radius 3 is 3.10 bits per heavy atom. The Labute approximate surface area is 175 Å². The molecule has 1 N–H and O–H groups in total. The van der Waals surface area contributed by atoms with Gasteiger partial charge in [0.2, 0.25) is 5.91 Å². The van der Waals surface area contributed by atoms with Crippen molar-refractivity contribution >= 4 is 17.2 Å². The van der Waals surface area contributed by atoms with Crippen molar-refractivity contribution in [3.05, 3.63) is 33.3 Å². The van der Waals surface area contributed by atoms with Crippen LogP contribution < -0.4 is 5.32 Å². The second-order valence-corrected chi connectivity index (χ2v) is 9.78. The lowest BCUT2D eigenvalue weighted by Gasteiger charge is -2.47. The SMILES string of the molecule is CCc1cc2c(s1)CCO[C@@]21CCN(Cc2cn(C3CCNC3=O)nn2)[C@@H](C)C1. The molecular weight excluding hydrogens is 386 g/mol. The third kappa shape index (κ3) is 3.41. The van der Waals surface area contributed by atoms with E-state index in [9.17, 15) is 4.79 Å². The van der Waals surface area contributed by atoms with Crippen LogP contribution in [0.15, 0.2) is 12.3 Å². The zero-order valence-corrected chi connectivity index (χ0v) is 18.0. The number of aromatic nitrogens is 3. The standard InChI is InChI=1S/C21H29N5O2S/c1-3-16-10-17-19(29-16)5-9-28-21(17)6-8-25(14(2)11-21)12-15-13-26(24-23-15)18-4-7-22-20(18)27/h10,13-14,18H,3-9,11-12H2,1-2H3,(H,22,27)/t14-,18?,21+/m0/s1. The van der Waals surface area contributed by atoms with Crippen LogP contribution in [0.5, 0.6) is 0 Å². The van der Waals surface area contributed by atoms with Gasteiger partial charge in [-0.1, -0.05) is 12.1 Å². The van der Waals surface area contributed by atoms with Gasteiger partial charge in [0.15, 0.2) is 0 Å². The number of aryl methyl sites for hydroxylation is 1. The lowest BCUT2D eigenvalue weighted by atomic mass is 9.79. The Hall–Kier alpha value is -1.77. The number of carbonyl (C=O) groups excluding carboxylic acids is 1. The number of amides is 1. The van der Waals surface area contributed by atoms with Crippen molar-refractivity contribution in [2.24, 2.45) is 0 Å². The van der Waals surface area contributed by atoms with Crippen LogP contribution in [0.4, 0.5) is 0 Å². The third-order valence-electron chi connectivity index (χ3n) is 6.72. The van der Waals surface area contributed by atoms with E-state index in [4.69, 9.17) is 4.74 Å². The number of piperidine rings is 1. The number of hydrogen-bond donors (Lipinski definition) is 1. The molecule has 5 rings (SSSR count). The first-order chi connectivity index (χ1) is 14.1. The number of thiophene rings is 1. The van der Waals surface area contributed by atoms with Crippen molar-refractivity contribution in [3.8, 4) is 0 Å². The fraction of sp³-hybridized carbons (Fsp3) is 0.667. The van der Waals surface area contributed by atoms with Crippen molar-refractivity contribution in [1.29, 1.82) is 0 Å². The van der Waals surface area contributed by atoms with E-state index in [0.29, 0.717) is 12.6 Å². The monoisotopic (exact) mass is 415 g/mol. The number of nitrogens with zero attached hydrogens (tertiary/aromatic N) is 4. The fourth-order valence-corrected chi connectivity index (χ4v) is 6.27. The minimum Gasteiger partial charge on any atom is -0.370 e. The number of rotatable bonds is 4. The number of likely N-dealkylation sites (tertiary alicyclic amines) is 1. The Bertz CT molecular complexity index is 909. The van der Waals surface area contributed by atoms with Crippen molar-refractivity contribution in [2.75, 3.05) is 19.7 Å². The van der Waals surface area contributed by atoms with Gasteiger partial charge in [0, 0.05) is 41.9 Å². The van der Waals surface area contributed by atoms with Crippen molar-refractivity contribution in [1.82, 2.24) is 25.2 Å². The van der Waals surface area contributed by atoms with Gasteiger partial charge in [0.25, 0.3) is 0 Å². The maximum Gasteiger partial charge on any atom is 0.245 e. The van der Waals surface area contributed by atoms with Gasteiger partial charge in [0.1, 0.15) is 6.04 Å². The summed E-state index contributed by atoms with van der Waals surface area (Å²) >= 11 is 1.98. The van der Waals surface area contributed by atoms with Crippen molar-refractivity contribution < 1.29 is 9.53 Å². The lowest BCUT2D eigenvalue weighted by Crippen LogP contribution is -2.50. The van der Waals surface area contributed by atoms with E-state index < -0.39 is 0 Å². The van der Waals surface area contributed by atoms with Gasteiger partial charge >= 0.3 is 0 Å². The molecule has 29 heavy (non-hydrogen) atoms. The van der Waals surface area contributed by atoms with Crippen LogP contribution in [0.2, 0.25) is 0 Å². The van der Waals surface area contributed by atoms with Gasteiger partial charge < -0.3 is 10.1 Å². The molecule has 2 aromatic rings. The van der Waals surface area contributed by atoms with E-state index in [1.807, 2.05) is 17.5 Å². The molecule has 0 radical (unpaired) electrons. The molecule has 2 fully saturated rings. The molecule has 0 aliphatic carbocycles. The maximum absolute atomic E-state index is 11.9. The highest BCUT2D eigenvalue weighted by Gasteiger charge is 2.44. The van der Waals surface area contributed by atoms with Gasteiger partial charge in [0.05, 0.1) is 24.1 Å². The van der Waals surface area contributed by atoms with E-state index >= 15 is 0 Å². The summed E-state index contributed by atoms with van der Waals surface area (Å²) in [4.78, 5) is 17.4. The number of nitrogens with one attached hydrogen (secondary N) is 1. The Kier molecular flexibility index (Phi) is 4.96. The first-order valence-corrected chi connectivity index (χ1v) is 11.6. The molecule has 7 nitrogen and oxygen atoms in total. The molecule has 3 aliphatic heterocycles. The summed E-state index contributed by atoms with van der Waals surface area (Å²) in [5, 5.41) is 11.4. The van der Waals surface area contributed by atoms with E-state index in [2.05, 4.69) is 40.4 Å². The molecule has 2 saturated heterocycles. The number of hydrogen-bond acceptors (Lipinski definition) is 6. The summed E-state index contributed by atoms with van der Waals surface area (Å²) in [6, 6.07) is 2.60. The lowest BCUT2D eigenvalue weighted by molar-refractivity contribution is -0.122. The molecule has 156 valence electrons. The normalized spacial score (nSPS) is 29.9. The third-order valence-corrected chi connectivity index (χ3v) is 8.06. The Morgan fingerprint density at radius 2 is 2.34 bits per heavy atom. The second-order valence-electron chi connectivity index (χ2n) is 8.55. The minimum absolute atomic E-state index is 0.0437. The molecule has 8 heteroatoms. The topological polar surface area (TPSA) is 72.3 Å². The molecule has 3 atom stereocenters. The van der Waals surface area contributed by atoms with Crippen LogP contribution in [0.3, 0.4) is 0 Å². The van der Waals surface area contributed by atoms with Crippen molar-refractivity contribution in [3.63, 3.8) is 0 Å². The van der Waals surface area contributed by atoms with E-state index in [1.165, 1.54) is 15.3 Å². The molecule has 0 saturated carbocycles. The first-order valence-electron chi connectivity index (χ1n) is 10.8. The van der Waals surface area contributed by atoms with Gasteiger partial charge in [-0.2, -0.15) is 0 Å². The predicted molar refractivity (Wildman–Crippen MR) is 111 cm³/mol. The summed E-state index contributed by atoms with van der Waals surface area (Å²) in [7, 11) is 0. The summed E-state index contributed by atoms with van der Waals surface area (Å²) in [6.07, 6.45) is 6.91. The van der Waals surface area contributed by atoms with Crippen LogP contribution in [0.25, 0.3) is 0 Å². The first kappa shape index (κ1) is 19.2. The Morgan fingerprint density at radius 1 is 1.45 bits per heavy atom. The average Bonchev–Trinajstić information content (AvgIpc) is 3.44. The predicted octanol–water partition coefficient (Wildman–Crippen LogP) is 2.42. The largest absolute Gasteiger partial charge is 0.370 e. The molecule has 1 spiro atoms. The molecule has 1 unspecified atom stereocenters. The zero-order valence-electron chi connectivity index (χ0n) is 17.2. The summed E-state index contributed by atoms with van der Waals surface area (Å²) in [5.74, 6) is 0.0437. The molecule has 0 aromatic carbocycles. The fourth-order valence-electron chi connectivity index (χ4n) is 5.09. The van der Waals surface area contributed by atoms with Crippen LogP contribution in [0.1, 0.15) is 60.2 Å². The quantitative estimate of drug-likeness (QED) is 0.830. The summed E-state index contributed by atoms with van der Waals surface area (Å²) < 4.78 is 8.17. The Balaban J connectivity index is 1.29. The van der Waals surface area contributed by atoms with E-state index in [-0.39, 0.29) is 17.6 Å². The minimum atomic E-state index is -0.210. The molecule has 5 heterocycles. The van der Waals surface area contributed by atoms with Gasteiger partial charge in [-0.3, -0.25) is 9.69 Å². The van der Waals surface area contributed by atoms with Crippen LogP contribution in [-0.2, 0) is 34.5 Å². The van der Waals surface area contributed by atoms with Gasteiger partial charge in [-0.25, -0.2) is 4.68 Å². The van der Waals surface area contributed by atoms with Crippen molar-refractivity contribution in [2.45, 2.75) is 70.2 Å². The maximum atomic E-state index is 11.9. The molecule has 2 aromatic heterocycles. The average molecular weight is 416 g/mol. The van der Waals surface area contributed by atoms with Gasteiger partial charge in [-0.15, -0.1) is 16.4 Å². The highest BCUT2D eigenvalue weighted by molar-refractivity contribution is 7.12. The molecule has 1 amide bonds. The van der Waals surface area contributed by atoms with Crippen LogP contribution in [0, 0.1) is 0 Å². The molecule has 3 aliphatic rings. The van der Waals surface area contributed by atoms with E-state index in [1.54, 1.807) is 4.68 Å². The number of fused-ring (bicyclic) bond motifs is 2. The van der Waals surface area contributed by atoms with Crippen LogP contribution >= 0.6 is 11.3 Å². The smallest absolute Gasteiger partial charge is 0.245 e. The zero-order chi connectivity index (χ0) is 20.0.